The summed E-state index contributed by atoms with van der Waals surface area (Å²) < 4.78 is 1.21. The minimum Gasteiger partial charge on any atom is -0.508 e. The maximum Gasteiger partial charge on any atom is 0.119 e. The summed E-state index contributed by atoms with van der Waals surface area (Å²) in [4.78, 5) is 4.49. The molecule has 0 saturated heterocycles. The molecule has 1 aromatic heterocycles. The molecule has 0 spiro atoms. The van der Waals surface area contributed by atoms with Gasteiger partial charge in [0.15, 0.2) is 0 Å². The van der Waals surface area contributed by atoms with Gasteiger partial charge in [0.05, 0.1) is 21.3 Å². The van der Waals surface area contributed by atoms with Crippen LogP contribution in [0.3, 0.4) is 0 Å². The predicted molar refractivity (Wildman–Crippen MR) is 87.1 cm³/mol. The van der Waals surface area contributed by atoms with Crippen molar-refractivity contribution in [2.24, 2.45) is 0 Å². The number of phenols is 1. The maximum atomic E-state index is 9.92. The second-order valence-electron chi connectivity index (χ2n) is 5.50. The van der Waals surface area contributed by atoms with Gasteiger partial charge in [-0.25, -0.2) is 4.98 Å². The van der Waals surface area contributed by atoms with E-state index in [1.165, 1.54) is 10.3 Å². The second kappa shape index (κ2) is 4.74. The molecule has 1 aliphatic carbocycles. The number of nitrogens with zero attached hydrogens (tertiary/aromatic N) is 1. The van der Waals surface area contributed by atoms with Crippen LogP contribution in [0.15, 0.2) is 36.4 Å². The van der Waals surface area contributed by atoms with Gasteiger partial charge in [0.25, 0.3) is 0 Å². The number of fused-ring (bicyclic) bond motifs is 2. The van der Waals surface area contributed by atoms with E-state index in [0.717, 1.165) is 34.6 Å². The summed E-state index contributed by atoms with van der Waals surface area (Å²) in [6.07, 6.45) is 1.95. The Balaban J connectivity index is 1.65. The zero-order valence-electron chi connectivity index (χ0n) is 11.8. The number of hydrogen-bond acceptors (Lipinski definition) is 4. The molecular weight excluding hydrogens is 280 g/mol. The lowest BCUT2D eigenvalue weighted by Crippen LogP contribution is -2.06. The third-order valence-electron chi connectivity index (χ3n) is 4.08. The van der Waals surface area contributed by atoms with Crippen molar-refractivity contribution in [1.29, 1.82) is 0 Å². The van der Waals surface area contributed by atoms with Crippen LogP contribution in [0, 0.1) is 6.92 Å². The van der Waals surface area contributed by atoms with Crippen LogP contribution in [-0.2, 0) is 6.42 Å². The van der Waals surface area contributed by atoms with Gasteiger partial charge in [-0.15, -0.1) is 11.3 Å². The molecular formula is C17H16N2OS. The molecule has 2 N–H and O–H groups in total. The van der Waals surface area contributed by atoms with E-state index in [9.17, 15) is 5.11 Å². The van der Waals surface area contributed by atoms with E-state index in [1.54, 1.807) is 17.4 Å². The van der Waals surface area contributed by atoms with Crippen molar-refractivity contribution in [1.82, 2.24) is 4.98 Å². The van der Waals surface area contributed by atoms with Gasteiger partial charge in [-0.1, -0.05) is 12.1 Å². The molecule has 1 heterocycles. The molecule has 1 atom stereocenters. The number of thiazole rings is 1. The van der Waals surface area contributed by atoms with Gasteiger partial charge in [-0.05, 0) is 55.2 Å². The minimum atomic E-state index is 0.276. The van der Waals surface area contributed by atoms with Gasteiger partial charge in [0.2, 0.25) is 0 Å². The largest absolute Gasteiger partial charge is 0.508 e. The average molecular weight is 296 g/mol. The number of rotatable bonds is 2. The van der Waals surface area contributed by atoms with E-state index >= 15 is 0 Å². The van der Waals surface area contributed by atoms with E-state index in [-0.39, 0.29) is 6.04 Å². The standard InChI is InChI=1S/C17H16N2OS/c1-10-18-15-7-5-11(9-17(15)21-10)19-14-8-6-13-12(14)3-2-4-16(13)20/h2-5,7,9,14,19-20H,6,8H2,1H3. The molecule has 0 fully saturated rings. The van der Waals surface area contributed by atoms with Crippen LogP contribution in [0.1, 0.15) is 28.6 Å². The number of nitrogens with one attached hydrogen (secondary N) is 1. The van der Waals surface area contributed by atoms with Gasteiger partial charge in [0, 0.05) is 5.69 Å². The lowest BCUT2D eigenvalue weighted by molar-refractivity contribution is 0.469. The lowest BCUT2D eigenvalue weighted by atomic mass is 10.1. The zero-order chi connectivity index (χ0) is 14.4. The van der Waals surface area contributed by atoms with E-state index in [0.29, 0.717) is 5.75 Å². The topological polar surface area (TPSA) is 45.2 Å². The smallest absolute Gasteiger partial charge is 0.119 e. The molecule has 1 unspecified atom stereocenters. The van der Waals surface area contributed by atoms with Crippen molar-refractivity contribution in [3.05, 3.63) is 52.5 Å². The fourth-order valence-electron chi connectivity index (χ4n) is 3.12. The Labute approximate surface area is 127 Å². The summed E-state index contributed by atoms with van der Waals surface area (Å²) in [6, 6.07) is 12.4. The molecule has 2 aromatic carbocycles. The number of aryl methyl sites for hydroxylation is 1. The lowest BCUT2D eigenvalue weighted by Gasteiger charge is -2.15. The highest BCUT2D eigenvalue weighted by Crippen LogP contribution is 2.38. The van der Waals surface area contributed by atoms with Crippen LogP contribution >= 0.6 is 11.3 Å². The highest BCUT2D eigenvalue weighted by molar-refractivity contribution is 7.18. The highest BCUT2D eigenvalue weighted by Gasteiger charge is 2.24. The molecule has 3 nitrogen and oxygen atoms in total. The van der Waals surface area contributed by atoms with Crippen molar-refractivity contribution in [2.45, 2.75) is 25.8 Å². The normalized spacial score (nSPS) is 17.1. The average Bonchev–Trinajstić information content (AvgIpc) is 3.02. The van der Waals surface area contributed by atoms with Crippen LogP contribution in [0.2, 0.25) is 0 Å². The Bertz CT molecular complexity index is 825. The van der Waals surface area contributed by atoms with Crippen molar-refractivity contribution in [3.8, 4) is 5.75 Å². The molecule has 3 aromatic rings. The van der Waals surface area contributed by atoms with E-state index < -0.39 is 0 Å². The van der Waals surface area contributed by atoms with Crippen molar-refractivity contribution in [2.75, 3.05) is 5.32 Å². The van der Waals surface area contributed by atoms with E-state index in [2.05, 4.69) is 34.6 Å². The molecule has 0 radical (unpaired) electrons. The third-order valence-corrected chi connectivity index (χ3v) is 5.02. The first-order valence-electron chi connectivity index (χ1n) is 7.15. The first kappa shape index (κ1) is 12.7. The van der Waals surface area contributed by atoms with Crippen molar-refractivity contribution < 1.29 is 5.11 Å². The Kier molecular flexibility index (Phi) is 2.86. The number of aromatic hydroxyl groups is 1. The molecule has 0 bridgehead atoms. The monoisotopic (exact) mass is 296 g/mol. The Morgan fingerprint density at radius 1 is 1.29 bits per heavy atom. The maximum absolute atomic E-state index is 9.92. The molecule has 0 saturated carbocycles. The van der Waals surface area contributed by atoms with Crippen molar-refractivity contribution in [3.63, 3.8) is 0 Å². The summed E-state index contributed by atoms with van der Waals surface area (Å²) in [5.74, 6) is 0.422. The molecule has 4 rings (SSSR count). The summed E-state index contributed by atoms with van der Waals surface area (Å²) in [5, 5.41) is 14.6. The number of benzene rings is 2. The molecule has 0 aliphatic heterocycles. The van der Waals surface area contributed by atoms with Gasteiger partial charge >= 0.3 is 0 Å². The van der Waals surface area contributed by atoms with Gasteiger partial charge in [-0.3, -0.25) is 0 Å². The quantitative estimate of drug-likeness (QED) is 0.736. The van der Waals surface area contributed by atoms with Gasteiger partial charge in [-0.2, -0.15) is 0 Å². The first-order valence-corrected chi connectivity index (χ1v) is 7.97. The molecule has 4 heteroatoms. The predicted octanol–water partition coefficient (Wildman–Crippen LogP) is 4.41. The second-order valence-corrected chi connectivity index (χ2v) is 6.73. The molecule has 1 aliphatic rings. The van der Waals surface area contributed by atoms with Crippen LogP contribution < -0.4 is 5.32 Å². The summed E-state index contributed by atoms with van der Waals surface area (Å²) in [7, 11) is 0. The molecule has 0 amide bonds. The molecule has 106 valence electrons. The fraction of sp³-hybridized carbons (Fsp3) is 0.235. The Morgan fingerprint density at radius 2 is 2.19 bits per heavy atom. The SMILES string of the molecule is Cc1nc2ccc(NC3CCc4c(O)cccc43)cc2s1. The number of anilines is 1. The summed E-state index contributed by atoms with van der Waals surface area (Å²) >= 11 is 1.72. The zero-order valence-corrected chi connectivity index (χ0v) is 12.6. The summed E-state index contributed by atoms with van der Waals surface area (Å²) in [5.41, 5.74) is 4.49. The Morgan fingerprint density at radius 3 is 3.10 bits per heavy atom. The van der Waals surface area contributed by atoms with Crippen LogP contribution in [0.25, 0.3) is 10.2 Å². The third kappa shape index (κ3) is 2.16. The highest BCUT2D eigenvalue weighted by atomic mass is 32.1. The van der Waals surface area contributed by atoms with Gasteiger partial charge < -0.3 is 10.4 Å². The number of aromatic nitrogens is 1. The fourth-order valence-corrected chi connectivity index (χ4v) is 3.98. The van der Waals surface area contributed by atoms with E-state index in [1.807, 2.05) is 13.0 Å². The van der Waals surface area contributed by atoms with Gasteiger partial charge in [0.1, 0.15) is 5.75 Å². The summed E-state index contributed by atoms with van der Waals surface area (Å²) in [6.45, 7) is 2.04. The minimum absolute atomic E-state index is 0.276. The van der Waals surface area contributed by atoms with Crippen LogP contribution in [-0.4, -0.2) is 10.1 Å². The van der Waals surface area contributed by atoms with Crippen LogP contribution in [0.4, 0.5) is 5.69 Å². The van der Waals surface area contributed by atoms with Crippen molar-refractivity contribution >= 4 is 27.2 Å². The molecule has 21 heavy (non-hydrogen) atoms. The van der Waals surface area contributed by atoms with E-state index in [4.69, 9.17) is 0 Å². The Hall–Kier alpha value is -2.07. The number of phenolic OH excluding ortho intramolecular Hbond substituents is 1. The first-order chi connectivity index (χ1) is 10.2. The van der Waals surface area contributed by atoms with Crippen LogP contribution in [0.5, 0.6) is 5.75 Å². The number of hydrogen-bond donors (Lipinski definition) is 2.